The molecule has 0 aromatic heterocycles. The van der Waals surface area contributed by atoms with E-state index in [0.717, 1.165) is 25.7 Å². The van der Waals surface area contributed by atoms with Crippen molar-refractivity contribution >= 4 is 23.2 Å². The predicted molar refractivity (Wildman–Crippen MR) is 78.5 cm³/mol. The number of amides is 1. The summed E-state index contributed by atoms with van der Waals surface area (Å²) in [6.45, 7) is 0.460. The van der Waals surface area contributed by atoms with E-state index in [9.17, 15) is 20.0 Å². The first-order valence-electron chi connectivity index (χ1n) is 6.90. The van der Waals surface area contributed by atoms with Gasteiger partial charge >= 0.3 is 0 Å². The molecule has 1 atom stereocenters. The minimum atomic E-state index is -0.606. The third-order valence-electron chi connectivity index (χ3n) is 3.74. The van der Waals surface area contributed by atoms with Crippen molar-refractivity contribution in [3.8, 4) is 0 Å². The molecule has 2 rings (SSSR count). The van der Waals surface area contributed by atoms with Crippen LogP contribution in [0.4, 0.5) is 5.69 Å². The number of rotatable bonds is 3. The van der Waals surface area contributed by atoms with Gasteiger partial charge < -0.3 is 10.0 Å². The summed E-state index contributed by atoms with van der Waals surface area (Å²) >= 11 is 5.76. The molecular formula is C14H17ClN2O4. The van der Waals surface area contributed by atoms with Crippen molar-refractivity contribution in [1.82, 2.24) is 4.90 Å². The van der Waals surface area contributed by atoms with Crippen molar-refractivity contribution in [3.63, 3.8) is 0 Å². The minimum Gasteiger partial charge on any atom is -0.394 e. The van der Waals surface area contributed by atoms with Gasteiger partial charge in [-0.2, -0.15) is 0 Å². The number of nitrogens with zero attached hydrogens (tertiary/aromatic N) is 2. The predicted octanol–water partition coefficient (Wildman–Crippen LogP) is 2.63. The number of hydrogen-bond acceptors (Lipinski definition) is 4. The van der Waals surface area contributed by atoms with Crippen LogP contribution < -0.4 is 0 Å². The monoisotopic (exact) mass is 312 g/mol. The number of nitro groups is 1. The van der Waals surface area contributed by atoms with Crippen LogP contribution in [0.2, 0.25) is 5.02 Å². The Balaban J connectivity index is 2.29. The second-order valence-electron chi connectivity index (χ2n) is 5.11. The molecule has 1 unspecified atom stereocenters. The molecule has 1 aromatic rings. The molecular weight excluding hydrogens is 296 g/mol. The topological polar surface area (TPSA) is 83.7 Å². The Labute approximate surface area is 127 Å². The quantitative estimate of drug-likeness (QED) is 0.687. The van der Waals surface area contributed by atoms with Crippen molar-refractivity contribution in [2.24, 2.45) is 0 Å². The highest BCUT2D eigenvalue weighted by molar-refractivity contribution is 6.32. The SMILES string of the molecule is O=C(c1ccc(Cl)c([N+](=O)[O-])c1)N1CCCCCC1CO. The van der Waals surface area contributed by atoms with E-state index in [4.69, 9.17) is 11.6 Å². The molecule has 114 valence electrons. The largest absolute Gasteiger partial charge is 0.394 e. The molecule has 6 nitrogen and oxygen atoms in total. The number of carbonyl (C=O) groups is 1. The second-order valence-corrected chi connectivity index (χ2v) is 5.51. The molecule has 1 heterocycles. The highest BCUT2D eigenvalue weighted by Crippen LogP contribution is 2.27. The first kappa shape index (κ1) is 15.7. The fraction of sp³-hybridized carbons (Fsp3) is 0.500. The molecule has 1 aliphatic heterocycles. The lowest BCUT2D eigenvalue weighted by Crippen LogP contribution is -2.42. The summed E-state index contributed by atoms with van der Waals surface area (Å²) in [5.41, 5.74) is -0.0515. The maximum atomic E-state index is 12.6. The van der Waals surface area contributed by atoms with E-state index in [1.165, 1.54) is 18.2 Å². The van der Waals surface area contributed by atoms with E-state index >= 15 is 0 Å². The molecule has 0 radical (unpaired) electrons. The Morgan fingerprint density at radius 3 is 2.86 bits per heavy atom. The Bertz CT molecular complexity index is 550. The summed E-state index contributed by atoms with van der Waals surface area (Å²) in [5, 5.41) is 20.4. The van der Waals surface area contributed by atoms with Gasteiger partial charge in [0.05, 0.1) is 17.6 Å². The van der Waals surface area contributed by atoms with E-state index in [-0.39, 0.29) is 34.8 Å². The number of nitro benzene ring substituents is 1. The van der Waals surface area contributed by atoms with Crippen molar-refractivity contribution in [2.45, 2.75) is 31.7 Å². The van der Waals surface area contributed by atoms with Gasteiger partial charge in [-0.1, -0.05) is 24.4 Å². The van der Waals surface area contributed by atoms with Crippen LogP contribution in [0, 0.1) is 10.1 Å². The number of halogens is 1. The molecule has 21 heavy (non-hydrogen) atoms. The van der Waals surface area contributed by atoms with Crippen LogP contribution >= 0.6 is 11.6 Å². The smallest absolute Gasteiger partial charge is 0.288 e. The maximum Gasteiger partial charge on any atom is 0.288 e. The maximum absolute atomic E-state index is 12.6. The van der Waals surface area contributed by atoms with E-state index in [1.807, 2.05) is 0 Å². The fourth-order valence-electron chi connectivity index (χ4n) is 2.59. The molecule has 1 aliphatic rings. The van der Waals surface area contributed by atoms with Crippen molar-refractivity contribution < 1.29 is 14.8 Å². The van der Waals surface area contributed by atoms with Crippen molar-refractivity contribution in [2.75, 3.05) is 13.2 Å². The zero-order valence-corrected chi connectivity index (χ0v) is 12.3. The van der Waals surface area contributed by atoms with Gasteiger partial charge in [0.1, 0.15) is 5.02 Å². The average Bonchev–Trinajstić information content (AvgIpc) is 2.71. The first-order valence-corrected chi connectivity index (χ1v) is 7.28. The third-order valence-corrected chi connectivity index (χ3v) is 4.06. The van der Waals surface area contributed by atoms with Crippen LogP contribution in [-0.4, -0.2) is 40.0 Å². The molecule has 1 saturated heterocycles. The van der Waals surface area contributed by atoms with Gasteiger partial charge in [-0.3, -0.25) is 14.9 Å². The minimum absolute atomic E-state index is 0.00567. The van der Waals surface area contributed by atoms with Crippen LogP contribution in [-0.2, 0) is 0 Å². The van der Waals surface area contributed by atoms with Gasteiger partial charge in [-0.05, 0) is 25.0 Å². The number of hydrogen-bond donors (Lipinski definition) is 1. The van der Waals surface area contributed by atoms with Crippen molar-refractivity contribution in [1.29, 1.82) is 0 Å². The summed E-state index contributed by atoms with van der Waals surface area (Å²) < 4.78 is 0. The molecule has 0 saturated carbocycles. The lowest BCUT2D eigenvalue weighted by molar-refractivity contribution is -0.384. The molecule has 1 N–H and O–H groups in total. The molecule has 1 fully saturated rings. The number of likely N-dealkylation sites (tertiary alicyclic amines) is 1. The van der Waals surface area contributed by atoms with Gasteiger partial charge in [0, 0.05) is 18.2 Å². The van der Waals surface area contributed by atoms with Crippen LogP contribution in [0.1, 0.15) is 36.0 Å². The zero-order valence-electron chi connectivity index (χ0n) is 11.5. The van der Waals surface area contributed by atoms with Crippen LogP contribution in [0.3, 0.4) is 0 Å². The van der Waals surface area contributed by atoms with Crippen molar-refractivity contribution in [3.05, 3.63) is 38.9 Å². The standard InChI is InChI=1S/C14H17ClN2O4/c15-12-6-5-10(8-13(12)17(20)21)14(19)16-7-3-1-2-4-11(16)9-18/h5-6,8,11,18H,1-4,7,9H2. The Morgan fingerprint density at radius 2 is 2.19 bits per heavy atom. The summed E-state index contributed by atoms with van der Waals surface area (Å²) in [7, 11) is 0. The molecule has 0 spiro atoms. The lowest BCUT2D eigenvalue weighted by atomic mass is 10.1. The highest BCUT2D eigenvalue weighted by atomic mass is 35.5. The fourth-order valence-corrected chi connectivity index (χ4v) is 2.77. The summed E-state index contributed by atoms with van der Waals surface area (Å²) in [5.74, 6) is -0.296. The number of carbonyl (C=O) groups excluding carboxylic acids is 1. The van der Waals surface area contributed by atoms with E-state index in [0.29, 0.717) is 6.54 Å². The molecule has 7 heteroatoms. The summed E-state index contributed by atoms with van der Waals surface area (Å²) in [4.78, 5) is 24.5. The van der Waals surface area contributed by atoms with Gasteiger partial charge in [-0.25, -0.2) is 0 Å². The molecule has 0 aliphatic carbocycles. The molecule has 1 amide bonds. The first-order chi connectivity index (χ1) is 10.0. The number of aliphatic hydroxyl groups is 1. The van der Waals surface area contributed by atoms with Crippen LogP contribution in [0.5, 0.6) is 0 Å². The summed E-state index contributed by atoms with van der Waals surface area (Å²) in [6.07, 6.45) is 3.60. The van der Waals surface area contributed by atoms with Gasteiger partial charge in [0.15, 0.2) is 0 Å². The highest BCUT2D eigenvalue weighted by Gasteiger charge is 2.27. The van der Waals surface area contributed by atoms with Gasteiger partial charge in [0.2, 0.25) is 0 Å². The van der Waals surface area contributed by atoms with E-state index < -0.39 is 4.92 Å². The Hall–Kier alpha value is -1.66. The van der Waals surface area contributed by atoms with E-state index in [1.54, 1.807) is 4.90 Å². The third kappa shape index (κ3) is 3.51. The zero-order chi connectivity index (χ0) is 15.4. The summed E-state index contributed by atoms with van der Waals surface area (Å²) in [6, 6.07) is 3.81. The number of aliphatic hydroxyl groups excluding tert-OH is 1. The van der Waals surface area contributed by atoms with Crippen LogP contribution in [0.15, 0.2) is 18.2 Å². The van der Waals surface area contributed by atoms with Crippen LogP contribution in [0.25, 0.3) is 0 Å². The normalized spacial score (nSPS) is 19.1. The van der Waals surface area contributed by atoms with Gasteiger partial charge in [0.25, 0.3) is 11.6 Å². The number of benzene rings is 1. The Kier molecular flexibility index (Phi) is 5.14. The van der Waals surface area contributed by atoms with Gasteiger partial charge in [-0.15, -0.1) is 0 Å². The second kappa shape index (κ2) is 6.87. The Morgan fingerprint density at radius 1 is 1.43 bits per heavy atom. The average molecular weight is 313 g/mol. The molecule has 0 bridgehead atoms. The van der Waals surface area contributed by atoms with E-state index in [2.05, 4.69) is 0 Å². The lowest BCUT2D eigenvalue weighted by Gasteiger charge is -2.28. The molecule has 1 aromatic carbocycles.